The van der Waals surface area contributed by atoms with Gasteiger partial charge in [-0.25, -0.2) is 4.79 Å². The third kappa shape index (κ3) is 5.45. The summed E-state index contributed by atoms with van der Waals surface area (Å²) in [5, 5.41) is 0. The number of esters is 1. The van der Waals surface area contributed by atoms with Gasteiger partial charge in [0.15, 0.2) is 0 Å². The lowest BCUT2D eigenvalue weighted by atomic mass is 9.94. The van der Waals surface area contributed by atoms with Gasteiger partial charge in [-0.05, 0) is 125 Å². The number of rotatable bonds is 4. The molecule has 1 saturated heterocycles. The molecule has 0 amide bonds. The number of hydrogen-bond donors (Lipinski definition) is 0. The molecular weight excluding hydrogens is 607 g/mol. The van der Waals surface area contributed by atoms with Gasteiger partial charge in [-0.1, -0.05) is 0 Å². The quantitative estimate of drug-likeness (QED) is 0.283. The first-order valence-corrected chi connectivity index (χ1v) is 10.2. The average molecular weight is 625 g/mol. The lowest BCUT2D eigenvalue weighted by Gasteiger charge is -2.28. The molecule has 0 unspecified atom stereocenters. The molecule has 0 N–H and O–H groups in total. The number of piperidine rings is 1. The topological polar surface area (TPSA) is 29.5 Å². The molecule has 1 aromatic carbocycles. The molecule has 116 valence electrons. The first-order chi connectivity index (χ1) is 9.97. The molecule has 1 aliphatic heterocycles. The molecule has 0 bridgehead atoms. The summed E-state index contributed by atoms with van der Waals surface area (Å²) in [5.74, 6) is 0.507. The minimum Gasteiger partial charge on any atom is -0.462 e. The summed E-state index contributed by atoms with van der Waals surface area (Å²) in [6, 6.07) is 3.97. The predicted molar refractivity (Wildman–Crippen MR) is 110 cm³/mol. The van der Waals surface area contributed by atoms with E-state index in [0.717, 1.165) is 30.2 Å². The first kappa shape index (κ1) is 18.2. The van der Waals surface area contributed by atoms with Crippen molar-refractivity contribution in [3.8, 4) is 0 Å². The first-order valence-electron chi connectivity index (χ1n) is 6.97. The highest BCUT2D eigenvalue weighted by molar-refractivity contribution is 14.1. The van der Waals surface area contributed by atoms with Gasteiger partial charge in [-0.3, -0.25) is 0 Å². The summed E-state index contributed by atoms with van der Waals surface area (Å²) in [7, 11) is 2.16. The van der Waals surface area contributed by atoms with Crippen LogP contribution in [0.2, 0.25) is 0 Å². The maximum Gasteiger partial charge on any atom is 0.339 e. The zero-order valence-corrected chi connectivity index (χ0v) is 18.3. The molecule has 2 rings (SSSR count). The normalized spacial score (nSPS) is 17.0. The number of likely N-dealkylation sites (tertiary alicyclic amines) is 1. The molecule has 0 radical (unpaired) electrons. The molecule has 21 heavy (non-hydrogen) atoms. The molecule has 3 nitrogen and oxygen atoms in total. The highest BCUT2D eigenvalue weighted by atomic mass is 127. The standard InChI is InChI=1S/C15H18I3NO2/c1-19-5-2-10(3-6-19)4-7-21-15(20)12-8-11(16)9-13(17)14(12)18/h8-10H,2-7H2,1H3. The van der Waals surface area contributed by atoms with E-state index in [0.29, 0.717) is 18.1 Å². The van der Waals surface area contributed by atoms with Crippen LogP contribution >= 0.6 is 67.8 Å². The van der Waals surface area contributed by atoms with Crippen molar-refractivity contribution in [3.05, 3.63) is 28.4 Å². The van der Waals surface area contributed by atoms with E-state index < -0.39 is 0 Å². The van der Waals surface area contributed by atoms with Crippen molar-refractivity contribution in [2.24, 2.45) is 5.92 Å². The lowest BCUT2D eigenvalue weighted by molar-refractivity contribution is 0.0466. The van der Waals surface area contributed by atoms with Crippen molar-refractivity contribution in [3.63, 3.8) is 0 Å². The highest BCUT2D eigenvalue weighted by Gasteiger charge is 2.18. The third-order valence-electron chi connectivity index (χ3n) is 3.81. The Balaban J connectivity index is 1.85. The third-order valence-corrected chi connectivity index (χ3v) is 7.48. The van der Waals surface area contributed by atoms with E-state index in [4.69, 9.17) is 4.74 Å². The summed E-state index contributed by atoms with van der Waals surface area (Å²) in [6.45, 7) is 2.85. The number of ether oxygens (including phenoxy) is 1. The van der Waals surface area contributed by atoms with Gasteiger partial charge >= 0.3 is 5.97 Å². The molecule has 1 aliphatic rings. The SMILES string of the molecule is CN1CCC(CCOC(=O)c2cc(I)cc(I)c2I)CC1. The minimum atomic E-state index is -0.191. The van der Waals surface area contributed by atoms with Crippen LogP contribution in [-0.4, -0.2) is 37.6 Å². The van der Waals surface area contributed by atoms with Gasteiger partial charge in [-0.15, -0.1) is 0 Å². The number of benzene rings is 1. The van der Waals surface area contributed by atoms with E-state index in [1.165, 1.54) is 12.8 Å². The molecule has 0 aromatic heterocycles. The molecule has 0 spiro atoms. The summed E-state index contributed by atoms with van der Waals surface area (Å²) >= 11 is 6.71. The van der Waals surface area contributed by atoms with Gasteiger partial charge < -0.3 is 9.64 Å². The Morgan fingerprint density at radius 2 is 1.95 bits per heavy atom. The van der Waals surface area contributed by atoms with Crippen LogP contribution in [0, 0.1) is 16.6 Å². The fourth-order valence-corrected chi connectivity index (χ4v) is 4.83. The Bertz CT molecular complexity index is 514. The van der Waals surface area contributed by atoms with Crippen LogP contribution < -0.4 is 0 Å². The Labute approximate surface area is 167 Å². The van der Waals surface area contributed by atoms with Gasteiger partial charge in [0.1, 0.15) is 0 Å². The second kappa shape index (κ2) is 8.62. The van der Waals surface area contributed by atoms with Crippen molar-refractivity contribution in [1.82, 2.24) is 4.90 Å². The smallest absolute Gasteiger partial charge is 0.339 e. The van der Waals surface area contributed by atoms with Crippen molar-refractivity contribution in [2.75, 3.05) is 26.7 Å². The number of carbonyl (C=O) groups excluding carboxylic acids is 1. The second-order valence-electron chi connectivity index (χ2n) is 5.42. The fourth-order valence-electron chi connectivity index (χ4n) is 2.45. The van der Waals surface area contributed by atoms with Crippen molar-refractivity contribution in [1.29, 1.82) is 0 Å². The summed E-state index contributed by atoms with van der Waals surface area (Å²) in [6.07, 6.45) is 3.41. The summed E-state index contributed by atoms with van der Waals surface area (Å²) in [5.41, 5.74) is 0.690. The van der Waals surface area contributed by atoms with Crippen LogP contribution in [0.4, 0.5) is 0 Å². The highest BCUT2D eigenvalue weighted by Crippen LogP contribution is 2.24. The van der Waals surface area contributed by atoms with Crippen molar-refractivity contribution in [2.45, 2.75) is 19.3 Å². The largest absolute Gasteiger partial charge is 0.462 e. The van der Waals surface area contributed by atoms with Gasteiger partial charge in [0.25, 0.3) is 0 Å². The number of halogens is 3. The minimum absolute atomic E-state index is 0.191. The fraction of sp³-hybridized carbons (Fsp3) is 0.533. The summed E-state index contributed by atoms with van der Waals surface area (Å²) in [4.78, 5) is 14.6. The van der Waals surface area contributed by atoms with E-state index >= 15 is 0 Å². The Morgan fingerprint density at radius 1 is 1.29 bits per heavy atom. The van der Waals surface area contributed by atoms with Crippen LogP contribution in [0.5, 0.6) is 0 Å². The Hall–Kier alpha value is 0.840. The van der Waals surface area contributed by atoms with Gasteiger partial charge in [0.05, 0.1) is 12.2 Å². The van der Waals surface area contributed by atoms with Crippen LogP contribution in [0.3, 0.4) is 0 Å². The monoisotopic (exact) mass is 625 g/mol. The maximum atomic E-state index is 12.2. The molecule has 0 saturated carbocycles. The molecule has 1 heterocycles. The number of hydrogen-bond acceptors (Lipinski definition) is 3. The molecule has 0 aliphatic carbocycles. The molecule has 1 fully saturated rings. The average Bonchev–Trinajstić information content (AvgIpc) is 2.44. The Kier molecular flexibility index (Phi) is 7.47. The predicted octanol–water partition coefficient (Wildman–Crippen LogP) is 4.39. The lowest BCUT2D eigenvalue weighted by Crippen LogP contribution is -2.30. The molecular formula is C15H18I3NO2. The van der Waals surface area contributed by atoms with E-state index in [-0.39, 0.29) is 5.97 Å². The van der Waals surface area contributed by atoms with E-state index in [1.54, 1.807) is 0 Å². The van der Waals surface area contributed by atoms with Gasteiger partial charge in [0.2, 0.25) is 0 Å². The molecule has 0 atom stereocenters. The van der Waals surface area contributed by atoms with E-state index in [2.05, 4.69) is 85.8 Å². The van der Waals surface area contributed by atoms with E-state index in [9.17, 15) is 4.79 Å². The zero-order valence-electron chi connectivity index (χ0n) is 11.9. The summed E-state index contributed by atoms with van der Waals surface area (Å²) < 4.78 is 8.64. The van der Waals surface area contributed by atoms with Gasteiger partial charge in [0, 0.05) is 10.7 Å². The van der Waals surface area contributed by atoms with E-state index in [1.807, 2.05) is 6.07 Å². The van der Waals surface area contributed by atoms with Crippen LogP contribution in [-0.2, 0) is 4.74 Å². The molecule has 1 aromatic rings. The van der Waals surface area contributed by atoms with Crippen LogP contribution in [0.15, 0.2) is 12.1 Å². The van der Waals surface area contributed by atoms with Crippen molar-refractivity contribution < 1.29 is 9.53 Å². The van der Waals surface area contributed by atoms with Crippen LogP contribution in [0.1, 0.15) is 29.6 Å². The number of carbonyl (C=O) groups is 1. The Morgan fingerprint density at radius 3 is 2.62 bits per heavy atom. The van der Waals surface area contributed by atoms with Gasteiger partial charge in [-0.2, -0.15) is 0 Å². The van der Waals surface area contributed by atoms with Crippen molar-refractivity contribution >= 4 is 73.7 Å². The number of nitrogens with zero attached hydrogens (tertiary/aromatic N) is 1. The molecule has 6 heteroatoms. The maximum absolute atomic E-state index is 12.2. The second-order valence-corrected chi connectivity index (χ2v) is 8.91. The zero-order chi connectivity index (χ0) is 15.4. The van der Waals surface area contributed by atoms with Crippen LogP contribution in [0.25, 0.3) is 0 Å².